The number of hydrogen-bond donors (Lipinski definition) is 1. The Balaban J connectivity index is 2.31. The van der Waals surface area contributed by atoms with Crippen molar-refractivity contribution in [2.24, 2.45) is 5.73 Å². The fourth-order valence-electron chi connectivity index (χ4n) is 1.20. The minimum absolute atomic E-state index is 0.582. The van der Waals surface area contributed by atoms with Crippen LogP contribution in [0.1, 0.15) is 12.5 Å². The Morgan fingerprint density at radius 1 is 1.27 bits per heavy atom. The molecule has 2 N–H and O–H groups in total. The minimum atomic E-state index is 0.582. The molecule has 0 aliphatic carbocycles. The molecular formula is C12H20N2O. The monoisotopic (exact) mass is 208 g/mol. The van der Waals surface area contributed by atoms with Gasteiger partial charge in [0, 0.05) is 13.1 Å². The first-order chi connectivity index (χ1) is 7.26. The number of likely N-dealkylation sites (N-methyl/N-ethyl adjacent to an activating group) is 1. The molecule has 0 aliphatic rings. The number of ether oxygens (including phenoxy) is 1. The lowest BCUT2D eigenvalue weighted by Crippen LogP contribution is -2.23. The Bertz CT molecular complexity index is 271. The highest BCUT2D eigenvalue weighted by Crippen LogP contribution is 2.11. The Kier molecular flexibility index (Phi) is 5.15. The summed E-state index contributed by atoms with van der Waals surface area (Å²) in [5, 5.41) is 0. The summed E-state index contributed by atoms with van der Waals surface area (Å²) in [4.78, 5) is 2.22. The van der Waals surface area contributed by atoms with Crippen LogP contribution in [0.5, 0.6) is 5.75 Å². The van der Waals surface area contributed by atoms with E-state index in [9.17, 15) is 0 Å². The second-order valence-corrected chi connectivity index (χ2v) is 3.59. The molecule has 1 rings (SSSR count). The maximum atomic E-state index is 5.60. The molecule has 0 saturated carbocycles. The van der Waals surface area contributed by atoms with E-state index in [1.165, 1.54) is 0 Å². The summed E-state index contributed by atoms with van der Waals surface area (Å²) in [5.41, 5.74) is 6.64. The number of rotatable bonds is 6. The van der Waals surface area contributed by atoms with Crippen LogP contribution in [-0.2, 0) is 6.54 Å². The van der Waals surface area contributed by atoms with E-state index in [1.54, 1.807) is 0 Å². The Morgan fingerprint density at radius 2 is 1.93 bits per heavy atom. The summed E-state index contributed by atoms with van der Waals surface area (Å²) in [6.45, 7) is 5.45. The van der Waals surface area contributed by atoms with Crippen LogP contribution in [0.2, 0.25) is 0 Å². The predicted octanol–water partition coefficient (Wildman–Crippen LogP) is 1.48. The van der Waals surface area contributed by atoms with Gasteiger partial charge in [-0.15, -0.1) is 0 Å². The molecule has 0 amide bonds. The van der Waals surface area contributed by atoms with E-state index >= 15 is 0 Å². The standard InChI is InChI=1S/C12H20N2O/c1-3-14(2)8-9-15-12-6-4-11(10-13)5-7-12/h4-7H,3,8-10,13H2,1-2H3. The molecule has 0 heterocycles. The molecule has 3 nitrogen and oxygen atoms in total. The molecule has 0 aliphatic heterocycles. The van der Waals surface area contributed by atoms with Crippen molar-refractivity contribution in [1.29, 1.82) is 0 Å². The first kappa shape index (κ1) is 12.0. The zero-order valence-corrected chi connectivity index (χ0v) is 9.57. The fraction of sp³-hybridized carbons (Fsp3) is 0.500. The molecule has 1 aromatic rings. The van der Waals surface area contributed by atoms with Crippen molar-refractivity contribution in [3.05, 3.63) is 29.8 Å². The van der Waals surface area contributed by atoms with Gasteiger partial charge in [-0.3, -0.25) is 0 Å². The van der Waals surface area contributed by atoms with E-state index in [0.717, 1.165) is 31.0 Å². The molecule has 15 heavy (non-hydrogen) atoms. The third-order valence-electron chi connectivity index (χ3n) is 2.44. The van der Waals surface area contributed by atoms with E-state index < -0.39 is 0 Å². The molecule has 0 bridgehead atoms. The molecule has 0 spiro atoms. The topological polar surface area (TPSA) is 38.5 Å². The predicted molar refractivity (Wildman–Crippen MR) is 63.0 cm³/mol. The van der Waals surface area contributed by atoms with Crippen molar-refractivity contribution >= 4 is 0 Å². The summed E-state index contributed by atoms with van der Waals surface area (Å²) >= 11 is 0. The van der Waals surface area contributed by atoms with Crippen molar-refractivity contribution < 1.29 is 4.74 Å². The minimum Gasteiger partial charge on any atom is -0.492 e. The third-order valence-corrected chi connectivity index (χ3v) is 2.44. The van der Waals surface area contributed by atoms with Crippen LogP contribution in [0.3, 0.4) is 0 Å². The third kappa shape index (κ3) is 4.32. The highest BCUT2D eigenvalue weighted by atomic mass is 16.5. The molecule has 0 fully saturated rings. The zero-order valence-electron chi connectivity index (χ0n) is 9.57. The first-order valence-corrected chi connectivity index (χ1v) is 5.36. The lowest BCUT2D eigenvalue weighted by molar-refractivity contribution is 0.244. The maximum Gasteiger partial charge on any atom is 0.119 e. The van der Waals surface area contributed by atoms with Gasteiger partial charge in [-0.25, -0.2) is 0 Å². The molecule has 3 heteroatoms. The first-order valence-electron chi connectivity index (χ1n) is 5.36. The average molecular weight is 208 g/mol. The van der Waals surface area contributed by atoms with Crippen molar-refractivity contribution in [2.45, 2.75) is 13.5 Å². The normalized spacial score (nSPS) is 10.7. The van der Waals surface area contributed by atoms with Gasteiger partial charge in [0.25, 0.3) is 0 Å². The van der Waals surface area contributed by atoms with E-state index in [-0.39, 0.29) is 0 Å². The Hall–Kier alpha value is -1.06. The second-order valence-electron chi connectivity index (χ2n) is 3.59. The van der Waals surface area contributed by atoms with Crippen LogP contribution in [0.15, 0.2) is 24.3 Å². The van der Waals surface area contributed by atoms with Gasteiger partial charge in [-0.2, -0.15) is 0 Å². The van der Waals surface area contributed by atoms with Crippen LogP contribution in [-0.4, -0.2) is 31.6 Å². The Morgan fingerprint density at radius 3 is 2.47 bits per heavy atom. The molecule has 0 saturated heterocycles. The van der Waals surface area contributed by atoms with E-state index in [4.69, 9.17) is 10.5 Å². The van der Waals surface area contributed by atoms with Crippen LogP contribution in [0, 0.1) is 0 Å². The van der Waals surface area contributed by atoms with Crippen LogP contribution in [0.25, 0.3) is 0 Å². The molecular weight excluding hydrogens is 188 g/mol. The van der Waals surface area contributed by atoms with Gasteiger partial charge in [0.05, 0.1) is 0 Å². The molecule has 1 aromatic carbocycles. The molecule has 84 valence electrons. The van der Waals surface area contributed by atoms with Crippen molar-refractivity contribution in [3.8, 4) is 5.75 Å². The summed E-state index contributed by atoms with van der Waals surface area (Å²) in [6.07, 6.45) is 0. The van der Waals surface area contributed by atoms with Gasteiger partial charge < -0.3 is 15.4 Å². The van der Waals surface area contributed by atoms with Gasteiger partial charge in [-0.1, -0.05) is 19.1 Å². The summed E-state index contributed by atoms with van der Waals surface area (Å²) in [6, 6.07) is 7.93. The highest BCUT2D eigenvalue weighted by molar-refractivity contribution is 5.26. The van der Waals surface area contributed by atoms with E-state index in [0.29, 0.717) is 6.54 Å². The van der Waals surface area contributed by atoms with Crippen molar-refractivity contribution in [3.63, 3.8) is 0 Å². The van der Waals surface area contributed by atoms with E-state index in [2.05, 4.69) is 18.9 Å². The highest BCUT2D eigenvalue weighted by Gasteiger charge is 1.96. The van der Waals surface area contributed by atoms with Crippen molar-refractivity contribution in [1.82, 2.24) is 4.90 Å². The van der Waals surface area contributed by atoms with Gasteiger partial charge in [0.15, 0.2) is 0 Å². The largest absolute Gasteiger partial charge is 0.492 e. The van der Waals surface area contributed by atoms with Gasteiger partial charge in [-0.05, 0) is 31.3 Å². The van der Waals surface area contributed by atoms with Crippen molar-refractivity contribution in [2.75, 3.05) is 26.7 Å². The number of nitrogens with two attached hydrogens (primary N) is 1. The van der Waals surface area contributed by atoms with Gasteiger partial charge >= 0.3 is 0 Å². The maximum absolute atomic E-state index is 5.60. The van der Waals surface area contributed by atoms with Crippen LogP contribution in [0.4, 0.5) is 0 Å². The number of nitrogens with zero attached hydrogens (tertiary/aromatic N) is 1. The van der Waals surface area contributed by atoms with E-state index in [1.807, 2.05) is 24.3 Å². The van der Waals surface area contributed by atoms with Gasteiger partial charge in [0.1, 0.15) is 12.4 Å². The number of benzene rings is 1. The lowest BCUT2D eigenvalue weighted by atomic mass is 10.2. The molecule has 0 unspecified atom stereocenters. The Labute approximate surface area is 91.8 Å². The molecule has 0 atom stereocenters. The quantitative estimate of drug-likeness (QED) is 0.769. The number of hydrogen-bond acceptors (Lipinski definition) is 3. The fourth-order valence-corrected chi connectivity index (χ4v) is 1.20. The second kappa shape index (κ2) is 6.43. The molecule has 0 aromatic heterocycles. The van der Waals surface area contributed by atoms with Crippen LogP contribution >= 0.6 is 0 Å². The molecule has 0 radical (unpaired) electrons. The lowest BCUT2D eigenvalue weighted by Gasteiger charge is -2.14. The SMILES string of the molecule is CCN(C)CCOc1ccc(CN)cc1. The smallest absolute Gasteiger partial charge is 0.119 e. The average Bonchev–Trinajstić information content (AvgIpc) is 2.29. The summed E-state index contributed by atoms with van der Waals surface area (Å²) < 4.78 is 5.60. The summed E-state index contributed by atoms with van der Waals surface area (Å²) in [5.74, 6) is 0.914. The van der Waals surface area contributed by atoms with Gasteiger partial charge in [0.2, 0.25) is 0 Å². The zero-order chi connectivity index (χ0) is 11.1. The van der Waals surface area contributed by atoms with Crippen LogP contribution < -0.4 is 10.5 Å². The summed E-state index contributed by atoms with van der Waals surface area (Å²) in [7, 11) is 2.08.